The minimum Gasteiger partial charge on any atom is -1.00 e. The summed E-state index contributed by atoms with van der Waals surface area (Å²) in [6.07, 6.45) is 9.97. The maximum atomic E-state index is 4.76. The SMILES string of the molecule is CC(C)N1C=[N+](C(C)C)CCCC1.CC(C)N1C=[N+](C(C)C)CCCC1.ClCCl.ClCCl.[I-].[I-]. The third kappa shape index (κ3) is 22.7. The molecule has 0 spiro atoms. The van der Waals surface area contributed by atoms with E-state index in [1.54, 1.807) is 0 Å². The smallest absolute Gasteiger partial charge is 0.234 e. The Morgan fingerprint density at radius 3 is 1.06 bits per heavy atom. The zero-order chi connectivity index (χ0) is 25.1. The van der Waals surface area contributed by atoms with Crippen LogP contribution < -0.4 is 48.0 Å². The first-order valence-electron chi connectivity index (χ1n) is 12.0. The molecular formula is C24H50Cl4I2N4. The van der Waals surface area contributed by atoms with Gasteiger partial charge in [0, 0.05) is 0 Å². The molecule has 0 unspecified atom stereocenters. The summed E-state index contributed by atoms with van der Waals surface area (Å²) >= 11 is 19.1. The van der Waals surface area contributed by atoms with Gasteiger partial charge in [-0.05, 0) is 81.1 Å². The zero-order valence-corrected chi connectivity index (χ0v) is 29.9. The molecule has 0 bridgehead atoms. The van der Waals surface area contributed by atoms with Crippen molar-refractivity contribution >= 4 is 59.1 Å². The Balaban J connectivity index is -0.000000205. The molecule has 2 aliphatic heterocycles. The molecule has 10 heteroatoms. The van der Waals surface area contributed by atoms with Gasteiger partial charge in [0.05, 0.1) is 61.0 Å². The molecule has 0 aromatic rings. The predicted octanol–water partition coefficient (Wildman–Crippen LogP) is 0.731. The highest BCUT2D eigenvalue weighted by Gasteiger charge is 2.19. The van der Waals surface area contributed by atoms with Crippen LogP contribution >= 0.6 is 46.4 Å². The van der Waals surface area contributed by atoms with E-state index in [9.17, 15) is 0 Å². The number of rotatable bonds is 4. The molecule has 0 fully saturated rings. The van der Waals surface area contributed by atoms with E-state index in [1.165, 1.54) is 51.9 Å². The largest absolute Gasteiger partial charge is 1.00 e. The van der Waals surface area contributed by atoms with Crippen molar-refractivity contribution < 1.29 is 57.1 Å². The third-order valence-electron chi connectivity index (χ3n) is 5.41. The molecular weight excluding hydrogens is 740 g/mol. The number of hydrogen-bond donors (Lipinski definition) is 0. The van der Waals surface area contributed by atoms with Crippen LogP contribution in [0.2, 0.25) is 0 Å². The van der Waals surface area contributed by atoms with Crippen LogP contribution in [0.15, 0.2) is 0 Å². The maximum absolute atomic E-state index is 4.76. The lowest BCUT2D eigenvalue weighted by Gasteiger charge is -2.17. The summed E-state index contributed by atoms with van der Waals surface area (Å²) in [6, 6.07) is 2.55. The summed E-state index contributed by atoms with van der Waals surface area (Å²) in [4.78, 5) is 4.90. The first kappa shape index (κ1) is 42.6. The van der Waals surface area contributed by atoms with Crippen molar-refractivity contribution in [2.45, 2.75) is 105 Å². The molecule has 0 radical (unpaired) electrons. The van der Waals surface area contributed by atoms with Crippen LogP contribution in [0, 0.1) is 0 Å². The van der Waals surface area contributed by atoms with Gasteiger partial charge in [-0.2, -0.15) is 0 Å². The average Bonchev–Trinajstić information content (AvgIpc) is 3.11. The van der Waals surface area contributed by atoms with Gasteiger partial charge in [0.1, 0.15) is 0 Å². The lowest BCUT2D eigenvalue weighted by atomic mass is 10.2. The Bertz CT molecular complexity index is 461. The van der Waals surface area contributed by atoms with Crippen LogP contribution in [-0.4, -0.2) is 92.7 Å². The van der Waals surface area contributed by atoms with Crippen LogP contribution in [0.4, 0.5) is 0 Å². The van der Waals surface area contributed by atoms with Crippen LogP contribution in [0.1, 0.15) is 81.1 Å². The molecule has 0 aromatic carbocycles. The highest BCUT2D eigenvalue weighted by atomic mass is 127. The quantitative estimate of drug-likeness (QED) is 0.237. The molecule has 0 saturated heterocycles. The van der Waals surface area contributed by atoms with Gasteiger partial charge in [0.15, 0.2) is 0 Å². The molecule has 208 valence electrons. The highest BCUT2D eigenvalue weighted by molar-refractivity contribution is 6.41. The van der Waals surface area contributed by atoms with Gasteiger partial charge >= 0.3 is 0 Å². The van der Waals surface area contributed by atoms with E-state index < -0.39 is 0 Å². The van der Waals surface area contributed by atoms with E-state index in [0.717, 1.165) is 0 Å². The summed E-state index contributed by atoms with van der Waals surface area (Å²) in [7, 11) is 0. The fourth-order valence-corrected chi connectivity index (χ4v) is 3.36. The second-order valence-corrected chi connectivity index (χ2v) is 10.8. The molecule has 34 heavy (non-hydrogen) atoms. The molecule has 0 aromatic heterocycles. The maximum Gasteiger partial charge on any atom is 0.234 e. The third-order valence-corrected chi connectivity index (χ3v) is 5.41. The van der Waals surface area contributed by atoms with Crippen molar-refractivity contribution in [3.8, 4) is 0 Å². The van der Waals surface area contributed by atoms with Crippen molar-refractivity contribution in [3.63, 3.8) is 0 Å². The second kappa shape index (κ2) is 27.6. The van der Waals surface area contributed by atoms with E-state index in [1.807, 2.05) is 0 Å². The Kier molecular flexibility index (Phi) is 34.6. The lowest BCUT2D eigenvalue weighted by Crippen LogP contribution is -3.00. The van der Waals surface area contributed by atoms with Crippen LogP contribution in [0.25, 0.3) is 0 Å². The molecule has 2 rings (SSSR count). The topological polar surface area (TPSA) is 12.5 Å². The number of alkyl halides is 4. The summed E-state index contributed by atoms with van der Waals surface area (Å²) in [5.41, 5.74) is 0. The van der Waals surface area contributed by atoms with Crippen LogP contribution in [0.3, 0.4) is 0 Å². The monoisotopic (exact) mass is 788 g/mol. The Hall–Kier alpha value is 1.56. The lowest BCUT2D eigenvalue weighted by molar-refractivity contribution is -0.557. The van der Waals surface area contributed by atoms with Gasteiger partial charge in [-0.15, -0.1) is 46.4 Å². The molecule has 4 nitrogen and oxygen atoms in total. The predicted molar refractivity (Wildman–Crippen MR) is 148 cm³/mol. The first-order chi connectivity index (χ1) is 15.0. The van der Waals surface area contributed by atoms with E-state index in [-0.39, 0.29) is 58.6 Å². The van der Waals surface area contributed by atoms with Crippen molar-refractivity contribution in [1.29, 1.82) is 0 Å². The summed E-state index contributed by atoms with van der Waals surface area (Å²) < 4.78 is 4.90. The van der Waals surface area contributed by atoms with Crippen molar-refractivity contribution in [1.82, 2.24) is 9.80 Å². The van der Waals surface area contributed by atoms with E-state index in [2.05, 4.69) is 87.0 Å². The molecule has 2 aliphatic rings. The minimum atomic E-state index is 0. The van der Waals surface area contributed by atoms with E-state index >= 15 is 0 Å². The van der Waals surface area contributed by atoms with Gasteiger partial charge in [-0.3, -0.25) is 19.0 Å². The van der Waals surface area contributed by atoms with Crippen LogP contribution in [-0.2, 0) is 0 Å². The van der Waals surface area contributed by atoms with E-state index in [0.29, 0.717) is 24.2 Å². The molecule has 0 aliphatic carbocycles. The van der Waals surface area contributed by atoms with Crippen molar-refractivity contribution in [2.24, 2.45) is 0 Å². The summed E-state index contributed by atoms with van der Waals surface area (Å²) in [6.45, 7) is 23.0. The molecule has 0 N–H and O–H groups in total. The van der Waals surface area contributed by atoms with Gasteiger partial charge < -0.3 is 48.0 Å². The van der Waals surface area contributed by atoms with Gasteiger partial charge in [0.2, 0.25) is 12.7 Å². The molecule has 0 amide bonds. The van der Waals surface area contributed by atoms with Crippen molar-refractivity contribution in [3.05, 3.63) is 0 Å². The van der Waals surface area contributed by atoms with Crippen LogP contribution in [0.5, 0.6) is 0 Å². The molecule has 0 saturated carbocycles. The standard InChI is InChI=1S/2C11H23N2.2CH2Cl2.2HI/c2*1-10(2)12-7-5-6-8-13(9-12)11(3)4;2*2-1-3;;/h2*9-11H,5-8H2,1-4H3;2*1H2;2*1H/q2*+1;;;;/p-2. The molecule has 0 atom stereocenters. The normalized spacial score (nSPS) is 15.8. The van der Waals surface area contributed by atoms with Gasteiger partial charge in [0.25, 0.3) is 0 Å². The van der Waals surface area contributed by atoms with Crippen molar-refractivity contribution in [2.75, 3.05) is 36.9 Å². The Morgan fingerprint density at radius 1 is 0.588 bits per heavy atom. The summed E-state index contributed by atoms with van der Waals surface area (Å²) in [5.74, 6) is 0. The Morgan fingerprint density at radius 2 is 0.853 bits per heavy atom. The zero-order valence-electron chi connectivity index (χ0n) is 22.6. The number of hydrogen-bond acceptors (Lipinski definition) is 2. The fraction of sp³-hybridized carbons (Fsp3) is 0.917. The second-order valence-electron chi connectivity index (χ2n) is 9.17. The number of halogens is 6. The highest BCUT2D eigenvalue weighted by Crippen LogP contribution is 2.06. The molecule has 2 heterocycles. The van der Waals surface area contributed by atoms with Gasteiger partial charge in [-0.25, -0.2) is 0 Å². The minimum absolute atomic E-state index is 0. The first-order valence-corrected chi connectivity index (χ1v) is 14.2. The number of nitrogens with zero attached hydrogens (tertiary/aromatic N) is 4. The fourth-order valence-electron chi connectivity index (χ4n) is 3.36. The Labute approximate surface area is 265 Å². The van der Waals surface area contributed by atoms with Gasteiger partial charge in [-0.1, -0.05) is 0 Å². The van der Waals surface area contributed by atoms with E-state index in [4.69, 9.17) is 46.4 Å². The average molecular weight is 790 g/mol. The summed E-state index contributed by atoms with van der Waals surface area (Å²) in [5, 5.41) is 0.389.